The van der Waals surface area contributed by atoms with E-state index in [1.165, 1.54) is 0 Å². The van der Waals surface area contributed by atoms with Gasteiger partial charge in [-0.1, -0.05) is 18.2 Å². The SMILES string of the molecule is CN(C)C[C@@H]1OCCN(C(=O)c2n[nH]c3ccccc23)[C@H]1c1cnn(C)c1. The second kappa shape index (κ2) is 7.13. The quantitative estimate of drug-likeness (QED) is 0.754. The summed E-state index contributed by atoms with van der Waals surface area (Å²) in [5, 5.41) is 12.4. The number of likely N-dealkylation sites (N-methyl/N-ethyl adjacent to an activating group) is 1. The van der Waals surface area contributed by atoms with Gasteiger partial charge in [-0.05, 0) is 20.2 Å². The molecule has 1 amide bonds. The maximum Gasteiger partial charge on any atom is 0.275 e. The van der Waals surface area contributed by atoms with E-state index in [2.05, 4.69) is 20.2 Å². The van der Waals surface area contributed by atoms with Crippen LogP contribution in [0.4, 0.5) is 0 Å². The van der Waals surface area contributed by atoms with E-state index in [4.69, 9.17) is 4.74 Å². The third-order valence-electron chi connectivity index (χ3n) is 4.90. The molecule has 142 valence electrons. The molecule has 8 nitrogen and oxygen atoms in total. The van der Waals surface area contributed by atoms with E-state index in [0.29, 0.717) is 25.4 Å². The van der Waals surface area contributed by atoms with Crippen LogP contribution >= 0.6 is 0 Å². The van der Waals surface area contributed by atoms with E-state index in [9.17, 15) is 4.79 Å². The first kappa shape index (κ1) is 17.7. The van der Waals surface area contributed by atoms with Crippen LogP contribution in [0.1, 0.15) is 22.1 Å². The third kappa shape index (κ3) is 3.33. The number of fused-ring (bicyclic) bond motifs is 1. The van der Waals surface area contributed by atoms with Gasteiger partial charge in [0.2, 0.25) is 0 Å². The molecule has 3 heterocycles. The number of nitrogens with one attached hydrogen (secondary N) is 1. The smallest absolute Gasteiger partial charge is 0.275 e. The number of H-pyrrole nitrogens is 1. The first-order valence-electron chi connectivity index (χ1n) is 9.03. The number of carbonyl (C=O) groups excluding carboxylic acids is 1. The van der Waals surface area contributed by atoms with Gasteiger partial charge in [0.05, 0.1) is 30.5 Å². The fourth-order valence-electron chi connectivity index (χ4n) is 3.72. The molecule has 1 aliphatic heterocycles. The molecule has 2 atom stereocenters. The van der Waals surface area contributed by atoms with Gasteiger partial charge in [-0.3, -0.25) is 14.6 Å². The summed E-state index contributed by atoms with van der Waals surface area (Å²) in [6.07, 6.45) is 3.63. The zero-order valence-corrected chi connectivity index (χ0v) is 15.8. The number of carbonyl (C=O) groups is 1. The minimum absolute atomic E-state index is 0.0895. The van der Waals surface area contributed by atoms with Gasteiger partial charge in [0.25, 0.3) is 5.91 Å². The molecule has 27 heavy (non-hydrogen) atoms. The molecule has 1 aromatic carbocycles. The summed E-state index contributed by atoms with van der Waals surface area (Å²) in [5.74, 6) is -0.0895. The van der Waals surface area contributed by atoms with Gasteiger partial charge >= 0.3 is 0 Å². The van der Waals surface area contributed by atoms with Crippen molar-refractivity contribution in [2.45, 2.75) is 12.1 Å². The van der Waals surface area contributed by atoms with Crippen LogP contribution in [0.15, 0.2) is 36.7 Å². The van der Waals surface area contributed by atoms with Crippen molar-refractivity contribution in [2.75, 3.05) is 33.8 Å². The highest BCUT2D eigenvalue weighted by molar-refractivity contribution is 6.04. The molecule has 1 aliphatic rings. The van der Waals surface area contributed by atoms with Crippen molar-refractivity contribution < 1.29 is 9.53 Å². The maximum absolute atomic E-state index is 13.4. The molecule has 0 unspecified atom stereocenters. The zero-order valence-electron chi connectivity index (χ0n) is 15.8. The molecular weight excluding hydrogens is 344 g/mol. The first-order valence-corrected chi connectivity index (χ1v) is 9.03. The number of rotatable bonds is 4. The molecule has 0 saturated carbocycles. The Balaban J connectivity index is 1.73. The lowest BCUT2D eigenvalue weighted by molar-refractivity contribution is -0.0685. The lowest BCUT2D eigenvalue weighted by Crippen LogP contribution is -2.51. The Bertz CT molecular complexity index is 946. The molecule has 1 saturated heterocycles. The molecule has 0 aliphatic carbocycles. The molecule has 0 spiro atoms. The minimum Gasteiger partial charge on any atom is -0.373 e. The zero-order chi connectivity index (χ0) is 19.0. The van der Waals surface area contributed by atoms with Crippen LogP contribution < -0.4 is 0 Å². The van der Waals surface area contributed by atoms with Gasteiger partial charge in [0.15, 0.2) is 5.69 Å². The third-order valence-corrected chi connectivity index (χ3v) is 4.90. The predicted molar refractivity (Wildman–Crippen MR) is 101 cm³/mol. The number of hydrogen-bond acceptors (Lipinski definition) is 5. The number of para-hydroxylation sites is 1. The van der Waals surface area contributed by atoms with Crippen LogP contribution in [0, 0.1) is 0 Å². The molecule has 3 aromatic rings. The van der Waals surface area contributed by atoms with Crippen LogP contribution in [0.3, 0.4) is 0 Å². The van der Waals surface area contributed by atoms with Crippen LogP contribution in [0.2, 0.25) is 0 Å². The van der Waals surface area contributed by atoms with Gasteiger partial charge < -0.3 is 14.5 Å². The van der Waals surface area contributed by atoms with E-state index < -0.39 is 0 Å². The second-order valence-electron chi connectivity index (χ2n) is 7.18. The summed E-state index contributed by atoms with van der Waals surface area (Å²) in [6, 6.07) is 7.48. The fourth-order valence-corrected chi connectivity index (χ4v) is 3.72. The normalized spacial score (nSPS) is 20.5. The lowest BCUT2D eigenvalue weighted by Gasteiger charge is -2.41. The molecule has 0 bridgehead atoms. The predicted octanol–water partition coefficient (Wildman–Crippen LogP) is 1.44. The molecule has 1 fully saturated rings. The van der Waals surface area contributed by atoms with E-state index in [1.807, 2.05) is 62.7 Å². The summed E-state index contributed by atoms with van der Waals surface area (Å²) in [4.78, 5) is 17.4. The Morgan fingerprint density at radius 2 is 2.19 bits per heavy atom. The van der Waals surface area contributed by atoms with Crippen LogP contribution in [0.5, 0.6) is 0 Å². The van der Waals surface area contributed by atoms with Crippen LogP contribution in [0.25, 0.3) is 10.9 Å². The van der Waals surface area contributed by atoms with Crippen molar-refractivity contribution in [1.82, 2.24) is 29.8 Å². The summed E-state index contributed by atoms with van der Waals surface area (Å²) in [7, 11) is 5.89. The van der Waals surface area contributed by atoms with E-state index >= 15 is 0 Å². The Morgan fingerprint density at radius 3 is 2.93 bits per heavy atom. The average Bonchev–Trinajstić information content (AvgIpc) is 3.26. The second-order valence-corrected chi connectivity index (χ2v) is 7.18. The van der Waals surface area contributed by atoms with Crippen LogP contribution in [-0.2, 0) is 11.8 Å². The van der Waals surface area contributed by atoms with Gasteiger partial charge in [-0.2, -0.15) is 10.2 Å². The summed E-state index contributed by atoms with van der Waals surface area (Å²) < 4.78 is 7.80. The monoisotopic (exact) mass is 368 g/mol. The highest BCUT2D eigenvalue weighted by Gasteiger charge is 2.38. The standard InChI is InChI=1S/C19H24N6O2/c1-23(2)12-16-18(13-10-20-24(3)11-13)25(8-9-27-16)19(26)17-14-6-4-5-7-15(14)21-22-17/h4-7,10-11,16,18H,8-9,12H2,1-3H3,(H,21,22)/t16-,18-/m0/s1. The van der Waals surface area contributed by atoms with Crippen molar-refractivity contribution in [2.24, 2.45) is 7.05 Å². The first-order chi connectivity index (χ1) is 13.0. The largest absolute Gasteiger partial charge is 0.373 e. The lowest BCUT2D eigenvalue weighted by atomic mass is 9.99. The summed E-state index contributed by atoms with van der Waals surface area (Å²) in [6.45, 7) is 1.73. The van der Waals surface area contributed by atoms with Crippen molar-refractivity contribution in [3.8, 4) is 0 Å². The average molecular weight is 368 g/mol. The number of amides is 1. The number of aromatic amines is 1. The van der Waals surface area contributed by atoms with E-state index in [1.54, 1.807) is 4.68 Å². The van der Waals surface area contributed by atoms with Crippen molar-refractivity contribution in [3.05, 3.63) is 47.9 Å². The topological polar surface area (TPSA) is 79.3 Å². The number of aryl methyl sites for hydroxylation is 1. The van der Waals surface area contributed by atoms with Crippen molar-refractivity contribution in [3.63, 3.8) is 0 Å². The van der Waals surface area contributed by atoms with Crippen molar-refractivity contribution >= 4 is 16.8 Å². The van der Waals surface area contributed by atoms with Crippen LogP contribution in [-0.4, -0.2) is 75.6 Å². The van der Waals surface area contributed by atoms with Gasteiger partial charge in [-0.25, -0.2) is 0 Å². The highest BCUT2D eigenvalue weighted by Crippen LogP contribution is 2.32. The molecule has 2 aromatic heterocycles. The van der Waals surface area contributed by atoms with Gasteiger partial charge in [0.1, 0.15) is 0 Å². The Labute approximate surface area is 157 Å². The maximum atomic E-state index is 13.4. The molecule has 4 rings (SSSR count). The number of nitrogens with zero attached hydrogens (tertiary/aromatic N) is 5. The Hall–Kier alpha value is -2.71. The number of hydrogen-bond donors (Lipinski definition) is 1. The Morgan fingerprint density at radius 1 is 1.37 bits per heavy atom. The van der Waals surface area contributed by atoms with E-state index in [-0.39, 0.29) is 18.1 Å². The van der Waals surface area contributed by atoms with Gasteiger partial charge in [-0.15, -0.1) is 0 Å². The molecular formula is C19H24N6O2. The fraction of sp³-hybridized carbons (Fsp3) is 0.421. The number of aromatic nitrogens is 4. The Kier molecular flexibility index (Phi) is 4.67. The molecule has 8 heteroatoms. The number of benzene rings is 1. The molecule has 0 radical (unpaired) electrons. The molecule has 1 N–H and O–H groups in total. The number of ether oxygens (including phenoxy) is 1. The summed E-state index contributed by atoms with van der Waals surface area (Å²) >= 11 is 0. The highest BCUT2D eigenvalue weighted by atomic mass is 16.5. The summed E-state index contributed by atoms with van der Waals surface area (Å²) in [5.41, 5.74) is 2.28. The van der Waals surface area contributed by atoms with Gasteiger partial charge in [0, 0.05) is 37.3 Å². The van der Waals surface area contributed by atoms with Crippen molar-refractivity contribution in [1.29, 1.82) is 0 Å². The minimum atomic E-state index is -0.210. The number of morpholine rings is 1. The van der Waals surface area contributed by atoms with E-state index in [0.717, 1.165) is 16.5 Å².